The fourth-order valence-electron chi connectivity index (χ4n) is 2.20. The topological polar surface area (TPSA) is 90.2 Å². The monoisotopic (exact) mass is 362 g/mol. The number of nitrogens with zero attached hydrogens (tertiary/aromatic N) is 1. The lowest BCUT2D eigenvalue weighted by Crippen LogP contribution is -2.42. The smallest absolute Gasteiger partial charge is 0.416 e. The molecule has 0 unspecified atom stereocenters. The van der Waals surface area contributed by atoms with Gasteiger partial charge in [-0.25, -0.2) is 4.79 Å². The minimum absolute atomic E-state index is 0.0343. The zero-order chi connectivity index (χ0) is 19.3. The highest BCUT2D eigenvalue weighted by molar-refractivity contribution is 5.96. The van der Waals surface area contributed by atoms with Crippen LogP contribution in [-0.4, -0.2) is 23.0 Å². The normalized spacial score (nSPS) is 12.1. The number of carbonyl (C=O) groups excluding carboxylic acids is 1. The number of hydrogen-bond donors (Lipinski definition) is 2. The van der Waals surface area contributed by atoms with Gasteiger partial charge in [0.25, 0.3) is 5.91 Å². The van der Waals surface area contributed by atoms with Gasteiger partial charge in [-0.05, 0) is 42.0 Å². The van der Waals surface area contributed by atoms with Crippen LogP contribution < -0.4 is 5.32 Å². The number of carboxylic acid groups (broad SMARTS) is 1. The molecule has 0 saturated heterocycles. The number of alkyl halides is 3. The number of aliphatic carboxylic acids is 1. The average Bonchev–Trinajstić information content (AvgIpc) is 2.61. The van der Waals surface area contributed by atoms with Crippen molar-refractivity contribution in [3.63, 3.8) is 0 Å². The number of hydrogen-bond acceptors (Lipinski definition) is 3. The van der Waals surface area contributed by atoms with E-state index in [2.05, 4.69) is 5.32 Å². The van der Waals surface area contributed by atoms with Crippen molar-refractivity contribution in [2.45, 2.75) is 18.6 Å². The van der Waals surface area contributed by atoms with Gasteiger partial charge in [0.1, 0.15) is 6.04 Å². The molecule has 0 fully saturated rings. The van der Waals surface area contributed by atoms with Gasteiger partial charge in [-0.1, -0.05) is 12.1 Å². The molecule has 2 rings (SSSR count). The first-order valence-corrected chi connectivity index (χ1v) is 7.40. The van der Waals surface area contributed by atoms with E-state index in [9.17, 15) is 27.9 Å². The van der Waals surface area contributed by atoms with Crippen LogP contribution in [0.1, 0.15) is 27.0 Å². The predicted octanol–water partition coefficient (Wildman–Crippen LogP) is 3.00. The molecule has 0 radical (unpaired) electrons. The second-order valence-electron chi connectivity index (χ2n) is 5.45. The Hall–Kier alpha value is -3.34. The van der Waals surface area contributed by atoms with Crippen LogP contribution in [0.5, 0.6) is 0 Å². The number of amides is 1. The van der Waals surface area contributed by atoms with Gasteiger partial charge >= 0.3 is 12.1 Å². The van der Waals surface area contributed by atoms with Crippen molar-refractivity contribution in [2.75, 3.05) is 0 Å². The summed E-state index contributed by atoms with van der Waals surface area (Å²) in [6.07, 6.45) is -4.55. The third-order valence-electron chi connectivity index (χ3n) is 3.60. The van der Waals surface area contributed by atoms with Gasteiger partial charge in [0.2, 0.25) is 0 Å². The van der Waals surface area contributed by atoms with Gasteiger partial charge in [-0.3, -0.25) is 4.79 Å². The molecule has 0 bridgehead atoms. The zero-order valence-electron chi connectivity index (χ0n) is 13.2. The number of nitriles is 1. The Bertz CT molecular complexity index is 838. The maximum atomic E-state index is 12.5. The van der Waals surface area contributed by atoms with Crippen molar-refractivity contribution in [1.29, 1.82) is 5.26 Å². The number of carbonyl (C=O) groups is 2. The van der Waals surface area contributed by atoms with E-state index < -0.39 is 29.7 Å². The Morgan fingerprint density at radius 3 is 2.12 bits per heavy atom. The van der Waals surface area contributed by atoms with Crippen LogP contribution in [0.3, 0.4) is 0 Å². The number of nitrogens with one attached hydrogen (secondary N) is 1. The summed E-state index contributed by atoms with van der Waals surface area (Å²) >= 11 is 0. The second kappa shape index (κ2) is 7.70. The lowest BCUT2D eigenvalue weighted by Gasteiger charge is -2.15. The van der Waals surface area contributed by atoms with Crippen LogP contribution in [0, 0.1) is 11.3 Å². The summed E-state index contributed by atoms with van der Waals surface area (Å²) < 4.78 is 37.6. The van der Waals surface area contributed by atoms with E-state index in [0.29, 0.717) is 11.1 Å². The third-order valence-corrected chi connectivity index (χ3v) is 3.60. The molecule has 2 N–H and O–H groups in total. The third kappa shape index (κ3) is 4.83. The molecule has 0 heterocycles. The van der Waals surface area contributed by atoms with E-state index in [1.54, 1.807) is 12.1 Å². The zero-order valence-corrected chi connectivity index (χ0v) is 13.2. The minimum atomic E-state index is -4.52. The molecule has 1 atom stereocenters. The second-order valence-corrected chi connectivity index (χ2v) is 5.45. The lowest BCUT2D eigenvalue weighted by molar-refractivity contribution is -0.139. The highest BCUT2D eigenvalue weighted by atomic mass is 19.4. The van der Waals surface area contributed by atoms with Crippen molar-refractivity contribution in [1.82, 2.24) is 5.32 Å². The molecule has 134 valence electrons. The van der Waals surface area contributed by atoms with Gasteiger partial charge in [0.15, 0.2) is 0 Å². The van der Waals surface area contributed by atoms with E-state index in [0.717, 1.165) is 24.3 Å². The highest BCUT2D eigenvalue weighted by Crippen LogP contribution is 2.29. The Labute approximate surface area is 146 Å². The van der Waals surface area contributed by atoms with Crippen LogP contribution in [0.2, 0.25) is 0 Å². The maximum Gasteiger partial charge on any atom is 0.416 e. The number of rotatable bonds is 5. The molecule has 5 nitrogen and oxygen atoms in total. The van der Waals surface area contributed by atoms with Gasteiger partial charge in [0, 0.05) is 12.0 Å². The molecule has 1 amide bonds. The lowest BCUT2D eigenvalue weighted by atomic mass is 10.0. The van der Waals surface area contributed by atoms with Crippen LogP contribution in [0.4, 0.5) is 13.2 Å². The van der Waals surface area contributed by atoms with Gasteiger partial charge in [0.05, 0.1) is 17.2 Å². The first kappa shape index (κ1) is 19.0. The Kier molecular flexibility index (Phi) is 5.62. The molecule has 2 aromatic rings. The summed E-state index contributed by atoms with van der Waals surface area (Å²) in [5.41, 5.74) is 0.0176. The van der Waals surface area contributed by atoms with E-state index >= 15 is 0 Å². The summed E-state index contributed by atoms with van der Waals surface area (Å²) in [6.45, 7) is 0. The summed E-state index contributed by atoms with van der Waals surface area (Å²) in [7, 11) is 0. The van der Waals surface area contributed by atoms with Crippen LogP contribution >= 0.6 is 0 Å². The Morgan fingerprint density at radius 1 is 1.08 bits per heavy atom. The van der Waals surface area contributed by atoms with Crippen molar-refractivity contribution in [2.24, 2.45) is 0 Å². The largest absolute Gasteiger partial charge is 0.480 e. The molecular weight excluding hydrogens is 349 g/mol. The average molecular weight is 362 g/mol. The van der Waals surface area contributed by atoms with Crippen molar-refractivity contribution >= 4 is 11.9 Å². The molecule has 0 aromatic heterocycles. The molecule has 0 aliphatic heterocycles. The van der Waals surface area contributed by atoms with E-state index in [1.807, 2.05) is 6.07 Å². The molecular formula is C18H13F3N2O3. The van der Waals surface area contributed by atoms with Gasteiger partial charge in [-0.2, -0.15) is 18.4 Å². The fourth-order valence-corrected chi connectivity index (χ4v) is 2.20. The molecule has 0 spiro atoms. The first-order chi connectivity index (χ1) is 12.2. The molecule has 0 aliphatic rings. The minimum Gasteiger partial charge on any atom is -0.480 e. The number of halogens is 3. The predicted molar refractivity (Wildman–Crippen MR) is 85.2 cm³/mol. The van der Waals surface area contributed by atoms with Crippen molar-refractivity contribution in [3.05, 3.63) is 70.8 Å². The highest BCUT2D eigenvalue weighted by Gasteiger charge is 2.30. The quantitative estimate of drug-likeness (QED) is 0.856. The van der Waals surface area contributed by atoms with Crippen molar-refractivity contribution in [3.8, 4) is 6.07 Å². The standard InChI is InChI=1S/C18H13F3N2O3/c19-18(20,21)14-7-5-13(6-8-14)16(24)23-15(17(25)26)9-11-1-3-12(10-22)4-2-11/h1-8,15H,9H2,(H,23,24)(H,25,26)/t15-/m0/s1. The summed E-state index contributed by atoms with van der Waals surface area (Å²) in [5, 5.41) is 20.3. The summed E-state index contributed by atoms with van der Waals surface area (Å²) in [5.74, 6) is -2.07. The first-order valence-electron chi connectivity index (χ1n) is 7.40. The summed E-state index contributed by atoms with van der Waals surface area (Å²) in [6, 6.07) is 10.3. The molecule has 0 aliphatic carbocycles. The van der Waals surface area contributed by atoms with Gasteiger partial charge in [-0.15, -0.1) is 0 Å². The van der Waals surface area contributed by atoms with Crippen LogP contribution in [0.15, 0.2) is 48.5 Å². The Balaban J connectivity index is 2.10. The van der Waals surface area contributed by atoms with E-state index in [4.69, 9.17) is 5.26 Å². The fraction of sp³-hybridized carbons (Fsp3) is 0.167. The van der Waals surface area contributed by atoms with E-state index in [1.165, 1.54) is 12.1 Å². The Morgan fingerprint density at radius 2 is 1.65 bits per heavy atom. The molecule has 26 heavy (non-hydrogen) atoms. The molecule has 0 saturated carbocycles. The summed E-state index contributed by atoms with van der Waals surface area (Å²) in [4.78, 5) is 23.5. The maximum absolute atomic E-state index is 12.5. The number of carboxylic acids is 1. The molecule has 8 heteroatoms. The molecule has 2 aromatic carbocycles. The van der Waals surface area contributed by atoms with Crippen LogP contribution in [0.25, 0.3) is 0 Å². The number of benzene rings is 2. The van der Waals surface area contributed by atoms with Gasteiger partial charge < -0.3 is 10.4 Å². The van der Waals surface area contributed by atoms with Crippen molar-refractivity contribution < 1.29 is 27.9 Å². The van der Waals surface area contributed by atoms with Crippen LogP contribution in [-0.2, 0) is 17.4 Å². The van der Waals surface area contributed by atoms with E-state index in [-0.39, 0.29) is 12.0 Å². The SMILES string of the molecule is N#Cc1ccc(C[C@H](NC(=O)c2ccc(C(F)(F)F)cc2)C(=O)O)cc1.